The van der Waals surface area contributed by atoms with Crippen LogP contribution in [0.15, 0.2) is 18.2 Å². The molecule has 0 unspecified atom stereocenters. The van der Waals surface area contributed by atoms with Crippen molar-refractivity contribution < 1.29 is 4.39 Å². The minimum absolute atomic E-state index is 0.178. The maximum Gasteiger partial charge on any atom is 0.142 e. The van der Waals surface area contributed by atoms with Gasteiger partial charge in [-0.15, -0.1) is 0 Å². The monoisotopic (exact) mass is 215 g/mol. The highest BCUT2D eigenvalue weighted by molar-refractivity contribution is 6.30. The molecule has 1 aromatic carbocycles. The summed E-state index contributed by atoms with van der Waals surface area (Å²) >= 11 is 5.57. The molecule has 1 aromatic rings. The van der Waals surface area contributed by atoms with Crippen LogP contribution < -0.4 is 5.32 Å². The Balaban J connectivity index is 2.47. The molecule has 0 saturated carbocycles. The molecule has 0 heterocycles. The molecule has 0 spiro atoms. The molecule has 0 aliphatic heterocycles. The fraction of sp³-hybridized carbons (Fsp3) is 0.455. The smallest absolute Gasteiger partial charge is 0.142 e. The lowest BCUT2D eigenvalue weighted by Gasteiger charge is -2.07. The normalized spacial score (nSPS) is 10.9. The molecule has 0 amide bonds. The van der Waals surface area contributed by atoms with Gasteiger partial charge in [0, 0.05) is 6.54 Å². The summed E-state index contributed by atoms with van der Waals surface area (Å²) in [5.74, 6) is 0.252. The first-order chi connectivity index (χ1) is 6.59. The van der Waals surface area contributed by atoms with Crippen molar-refractivity contribution in [3.8, 4) is 0 Å². The van der Waals surface area contributed by atoms with Crippen molar-refractivity contribution in [2.75, 3.05) is 6.54 Å². The lowest BCUT2D eigenvalue weighted by atomic mass is 10.2. The van der Waals surface area contributed by atoms with Crippen molar-refractivity contribution in [3.05, 3.63) is 34.6 Å². The average molecular weight is 216 g/mol. The maximum atomic E-state index is 13.0. The zero-order valence-electron chi connectivity index (χ0n) is 8.48. The van der Waals surface area contributed by atoms with Gasteiger partial charge in [-0.3, -0.25) is 0 Å². The van der Waals surface area contributed by atoms with Crippen molar-refractivity contribution in [1.82, 2.24) is 5.32 Å². The Morgan fingerprint density at radius 2 is 2.14 bits per heavy atom. The van der Waals surface area contributed by atoms with Crippen LogP contribution in [0.3, 0.4) is 0 Å². The third kappa shape index (κ3) is 3.64. The van der Waals surface area contributed by atoms with Crippen molar-refractivity contribution in [3.63, 3.8) is 0 Å². The molecule has 0 aliphatic carbocycles. The lowest BCUT2D eigenvalue weighted by molar-refractivity contribution is 0.550. The van der Waals surface area contributed by atoms with E-state index in [4.69, 9.17) is 11.6 Å². The van der Waals surface area contributed by atoms with E-state index in [0.29, 0.717) is 12.5 Å². The van der Waals surface area contributed by atoms with Crippen molar-refractivity contribution >= 4 is 11.6 Å². The third-order valence-electron chi connectivity index (χ3n) is 1.87. The summed E-state index contributed by atoms with van der Waals surface area (Å²) in [5.41, 5.74) is 0.924. The number of rotatable bonds is 4. The van der Waals surface area contributed by atoms with Gasteiger partial charge in [0.2, 0.25) is 0 Å². The van der Waals surface area contributed by atoms with E-state index in [1.165, 1.54) is 6.07 Å². The SMILES string of the molecule is CC(C)CNCc1ccc(Cl)c(F)c1. The van der Waals surface area contributed by atoms with Crippen molar-refractivity contribution in [2.24, 2.45) is 5.92 Å². The molecular weight excluding hydrogens is 201 g/mol. The largest absolute Gasteiger partial charge is 0.312 e. The van der Waals surface area contributed by atoms with Gasteiger partial charge in [-0.25, -0.2) is 4.39 Å². The highest BCUT2D eigenvalue weighted by atomic mass is 35.5. The second-order valence-corrected chi connectivity index (χ2v) is 4.18. The van der Waals surface area contributed by atoms with E-state index in [0.717, 1.165) is 12.1 Å². The van der Waals surface area contributed by atoms with Crippen LogP contribution in [0, 0.1) is 11.7 Å². The summed E-state index contributed by atoms with van der Waals surface area (Å²) in [7, 11) is 0. The van der Waals surface area contributed by atoms with Crippen LogP contribution in [0.25, 0.3) is 0 Å². The van der Waals surface area contributed by atoms with Gasteiger partial charge >= 0.3 is 0 Å². The highest BCUT2D eigenvalue weighted by Crippen LogP contribution is 2.15. The van der Waals surface area contributed by atoms with Crippen molar-refractivity contribution in [1.29, 1.82) is 0 Å². The van der Waals surface area contributed by atoms with Crippen LogP contribution in [-0.4, -0.2) is 6.54 Å². The Kier molecular flexibility index (Phi) is 4.36. The third-order valence-corrected chi connectivity index (χ3v) is 2.17. The molecule has 3 heteroatoms. The standard InChI is InChI=1S/C11H15ClFN/c1-8(2)6-14-7-9-3-4-10(12)11(13)5-9/h3-5,8,14H,6-7H2,1-2H3. The summed E-state index contributed by atoms with van der Waals surface area (Å²) in [5, 5.41) is 3.42. The molecule has 1 nitrogen and oxygen atoms in total. The van der Waals surface area contributed by atoms with E-state index in [9.17, 15) is 4.39 Å². The first-order valence-corrected chi connectivity index (χ1v) is 5.12. The van der Waals surface area contributed by atoms with E-state index in [2.05, 4.69) is 19.2 Å². The van der Waals surface area contributed by atoms with Crippen LogP contribution in [0.4, 0.5) is 4.39 Å². The van der Waals surface area contributed by atoms with Crippen molar-refractivity contribution in [2.45, 2.75) is 20.4 Å². The van der Waals surface area contributed by atoms with Gasteiger partial charge in [0.25, 0.3) is 0 Å². The fourth-order valence-electron chi connectivity index (χ4n) is 1.15. The number of benzene rings is 1. The summed E-state index contributed by atoms with van der Waals surface area (Å²) in [4.78, 5) is 0. The molecule has 0 fully saturated rings. The quantitative estimate of drug-likeness (QED) is 0.813. The first-order valence-electron chi connectivity index (χ1n) is 4.74. The predicted octanol–water partition coefficient (Wildman–Crippen LogP) is 3.22. The van der Waals surface area contributed by atoms with Gasteiger partial charge in [0.15, 0.2) is 0 Å². The summed E-state index contributed by atoms with van der Waals surface area (Å²) < 4.78 is 13.0. The topological polar surface area (TPSA) is 12.0 Å². The number of halogens is 2. The van der Waals surface area contributed by atoms with Gasteiger partial charge in [-0.1, -0.05) is 31.5 Å². The molecule has 0 saturated heterocycles. The summed E-state index contributed by atoms with van der Waals surface area (Å²) in [6.07, 6.45) is 0. The van der Waals surface area contributed by atoms with E-state index < -0.39 is 0 Å². The molecule has 0 radical (unpaired) electrons. The van der Waals surface area contributed by atoms with Crippen LogP contribution in [0.1, 0.15) is 19.4 Å². The maximum absolute atomic E-state index is 13.0. The van der Waals surface area contributed by atoms with Crippen LogP contribution in [0.5, 0.6) is 0 Å². The zero-order valence-corrected chi connectivity index (χ0v) is 9.24. The Morgan fingerprint density at radius 3 is 2.71 bits per heavy atom. The molecule has 0 atom stereocenters. The zero-order chi connectivity index (χ0) is 10.6. The predicted molar refractivity (Wildman–Crippen MR) is 58.0 cm³/mol. The Morgan fingerprint density at radius 1 is 1.43 bits per heavy atom. The molecular formula is C11H15ClFN. The minimum Gasteiger partial charge on any atom is -0.312 e. The Hall–Kier alpha value is -0.600. The summed E-state index contributed by atoms with van der Waals surface area (Å²) in [6, 6.07) is 4.89. The molecule has 0 aliphatic rings. The van der Waals surface area contributed by atoms with Gasteiger partial charge in [-0.05, 0) is 30.2 Å². The van der Waals surface area contributed by atoms with Gasteiger partial charge in [-0.2, -0.15) is 0 Å². The highest BCUT2D eigenvalue weighted by Gasteiger charge is 2.00. The number of hydrogen-bond acceptors (Lipinski definition) is 1. The van der Waals surface area contributed by atoms with E-state index >= 15 is 0 Å². The van der Waals surface area contributed by atoms with E-state index in [1.807, 2.05) is 6.07 Å². The Labute approximate surface area is 89.3 Å². The van der Waals surface area contributed by atoms with Crippen LogP contribution in [-0.2, 0) is 6.54 Å². The first kappa shape index (κ1) is 11.5. The van der Waals surface area contributed by atoms with E-state index in [-0.39, 0.29) is 10.8 Å². The number of nitrogens with one attached hydrogen (secondary N) is 1. The van der Waals surface area contributed by atoms with Gasteiger partial charge in [0.05, 0.1) is 5.02 Å². The van der Waals surface area contributed by atoms with E-state index in [1.54, 1.807) is 6.07 Å². The molecule has 0 bridgehead atoms. The van der Waals surface area contributed by atoms with Crippen LogP contribution >= 0.6 is 11.6 Å². The molecule has 78 valence electrons. The second kappa shape index (κ2) is 5.32. The van der Waals surface area contributed by atoms with Gasteiger partial charge in [0.1, 0.15) is 5.82 Å². The van der Waals surface area contributed by atoms with Crippen LogP contribution in [0.2, 0.25) is 5.02 Å². The fourth-order valence-corrected chi connectivity index (χ4v) is 1.27. The average Bonchev–Trinajstić information content (AvgIpc) is 2.10. The molecule has 1 rings (SSSR count). The molecule has 1 N–H and O–H groups in total. The summed E-state index contributed by atoms with van der Waals surface area (Å²) in [6.45, 7) is 5.89. The minimum atomic E-state index is -0.351. The molecule has 14 heavy (non-hydrogen) atoms. The van der Waals surface area contributed by atoms with Gasteiger partial charge < -0.3 is 5.32 Å². The number of hydrogen-bond donors (Lipinski definition) is 1. The lowest BCUT2D eigenvalue weighted by Crippen LogP contribution is -2.18. The Bertz CT molecular complexity index is 299. The molecule has 0 aromatic heterocycles. The second-order valence-electron chi connectivity index (χ2n) is 3.77.